The molecule has 1 unspecified atom stereocenters. The molecule has 1 amide bonds. The molecule has 1 aliphatic rings. The van der Waals surface area contributed by atoms with E-state index in [1.54, 1.807) is 54.6 Å². The summed E-state index contributed by atoms with van der Waals surface area (Å²) in [6, 6.07) is 12.5. The molecule has 1 aliphatic heterocycles. The van der Waals surface area contributed by atoms with Crippen molar-refractivity contribution in [1.29, 1.82) is 0 Å². The summed E-state index contributed by atoms with van der Waals surface area (Å²) in [4.78, 5) is 34.0. The summed E-state index contributed by atoms with van der Waals surface area (Å²) >= 11 is 0. The summed E-state index contributed by atoms with van der Waals surface area (Å²) in [7, 11) is 1.58. The van der Waals surface area contributed by atoms with Crippen LogP contribution in [0.4, 0.5) is 0 Å². The maximum absolute atomic E-state index is 12.9. The highest BCUT2D eigenvalue weighted by molar-refractivity contribution is 5.94. The van der Waals surface area contributed by atoms with Crippen LogP contribution in [-0.4, -0.2) is 50.8 Å². The van der Waals surface area contributed by atoms with Crippen LogP contribution in [0.25, 0.3) is 5.82 Å². The van der Waals surface area contributed by atoms with Gasteiger partial charge in [0.2, 0.25) is 0 Å². The first-order valence-corrected chi connectivity index (χ1v) is 9.19. The van der Waals surface area contributed by atoms with Crippen molar-refractivity contribution in [1.82, 2.24) is 24.6 Å². The third-order valence-electron chi connectivity index (χ3n) is 4.91. The van der Waals surface area contributed by atoms with E-state index in [0.29, 0.717) is 36.0 Å². The number of hydrogen-bond donors (Lipinski definition) is 1. The minimum absolute atomic E-state index is 0.0269. The molecule has 1 fully saturated rings. The molecule has 8 nitrogen and oxygen atoms in total. The van der Waals surface area contributed by atoms with Gasteiger partial charge in [0.05, 0.1) is 7.11 Å². The lowest BCUT2D eigenvalue weighted by Crippen LogP contribution is -2.39. The number of pyridine rings is 1. The van der Waals surface area contributed by atoms with Crippen LogP contribution in [0.1, 0.15) is 34.9 Å². The minimum Gasteiger partial charge on any atom is -0.497 e. The van der Waals surface area contributed by atoms with Gasteiger partial charge in [-0.25, -0.2) is 9.78 Å². The number of methoxy groups -OCH3 is 1. The van der Waals surface area contributed by atoms with Crippen LogP contribution in [0.5, 0.6) is 5.75 Å². The van der Waals surface area contributed by atoms with Gasteiger partial charge in [-0.1, -0.05) is 12.1 Å². The Morgan fingerprint density at radius 3 is 2.93 bits per heavy atom. The first kappa shape index (κ1) is 18.0. The molecule has 1 atom stereocenters. The van der Waals surface area contributed by atoms with Crippen LogP contribution in [0.2, 0.25) is 0 Å². The van der Waals surface area contributed by atoms with E-state index < -0.39 is 0 Å². The lowest BCUT2D eigenvalue weighted by Gasteiger charge is -2.31. The number of ether oxygens (including phenoxy) is 1. The van der Waals surface area contributed by atoms with Gasteiger partial charge in [-0.05, 0) is 43.2 Å². The zero-order valence-electron chi connectivity index (χ0n) is 15.5. The summed E-state index contributed by atoms with van der Waals surface area (Å²) in [6.07, 6.45) is 3.32. The lowest BCUT2D eigenvalue weighted by molar-refractivity contribution is 0.0704. The van der Waals surface area contributed by atoms with Crippen LogP contribution >= 0.6 is 0 Å². The average molecular weight is 379 g/mol. The van der Waals surface area contributed by atoms with Gasteiger partial charge in [-0.2, -0.15) is 4.68 Å². The molecule has 0 bridgehead atoms. The fourth-order valence-corrected chi connectivity index (χ4v) is 3.48. The van der Waals surface area contributed by atoms with Crippen LogP contribution in [0.3, 0.4) is 0 Å². The molecule has 3 aromatic rings. The van der Waals surface area contributed by atoms with Gasteiger partial charge < -0.3 is 9.64 Å². The van der Waals surface area contributed by atoms with Gasteiger partial charge in [0, 0.05) is 30.8 Å². The van der Waals surface area contributed by atoms with E-state index in [0.717, 1.165) is 12.8 Å². The highest BCUT2D eigenvalue weighted by atomic mass is 16.5. The van der Waals surface area contributed by atoms with Gasteiger partial charge in [-0.15, -0.1) is 5.10 Å². The summed E-state index contributed by atoms with van der Waals surface area (Å²) in [5.74, 6) is 1.63. The maximum Gasteiger partial charge on any atom is 0.349 e. The third kappa shape index (κ3) is 3.53. The van der Waals surface area contributed by atoms with Crippen molar-refractivity contribution in [2.24, 2.45) is 0 Å². The van der Waals surface area contributed by atoms with Crippen LogP contribution in [0, 0.1) is 0 Å². The van der Waals surface area contributed by atoms with E-state index >= 15 is 0 Å². The zero-order chi connectivity index (χ0) is 19.5. The van der Waals surface area contributed by atoms with Crippen molar-refractivity contribution >= 4 is 5.91 Å². The summed E-state index contributed by atoms with van der Waals surface area (Å²) < 4.78 is 6.47. The van der Waals surface area contributed by atoms with Crippen molar-refractivity contribution < 1.29 is 9.53 Å². The SMILES string of the molecule is COc1cccc(C(=O)N2CCCC(c3nn(-c4ccccn4)c(=O)[nH]3)C2)c1. The van der Waals surface area contributed by atoms with Gasteiger partial charge in [-0.3, -0.25) is 9.78 Å². The van der Waals surface area contributed by atoms with E-state index in [1.165, 1.54) is 4.68 Å². The number of likely N-dealkylation sites (tertiary alicyclic amines) is 1. The third-order valence-corrected chi connectivity index (χ3v) is 4.91. The molecule has 0 radical (unpaired) electrons. The van der Waals surface area contributed by atoms with E-state index in [2.05, 4.69) is 15.1 Å². The Labute approximate surface area is 161 Å². The number of benzene rings is 1. The second-order valence-electron chi connectivity index (χ2n) is 6.74. The molecule has 3 heterocycles. The molecular weight excluding hydrogens is 358 g/mol. The normalized spacial score (nSPS) is 16.8. The van der Waals surface area contributed by atoms with Crippen molar-refractivity contribution in [3.8, 4) is 11.6 Å². The number of piperidine rings is 1. The minimum atomic E-state index is -0.329. The Bertz CT molecular complexity index is 1030. The standard InChI is InChI=1S/C20H21N5O3/c1-28-16-8-4-6-14(12-16)19(26)24-11-5-7-15(13-24)18-22-20(27)25(23-18)17-9-2-3-10-21-17/h2-4,6,8-10,12,15H,5,7,11,13H2,1H3,(H,22,23,27). The predicted molar refractivity (Wildman–Crippen MR) is 103 cm³/mol. The number of hydrogen-bond acceptors (Lipinski definition) is 5. The van der Waals surface area contributed by atoms with E-state index in [9.17, 15) is 9.59 Å². The summed E-state index contributed by atoms with van der Waals surface area (Å²) in [6.45, 7) is 1.18. The molecule has 28 heavy (non-hydrogen) atoms. The largest absolute Gasteiger partial charge is 0.497 e. The molecule has 8 heteroatoms. The predicted octanol–water partition coefficient (Wildman–Crippen LogP) is 1.98. The van der Waals surface area contributed by atoms with Crippen molar-refractivity contribution in [3.63, 3.8) is 0 Å². The summed E-state index contributed by atoms with van der Waals surface area (Å²) in [5, 5.41) is 4.43. The van der Waals surface area contributed by atoms with Gasteiger partial charge in [0.15, 0.2) is 5.82 Å². The average Bonchev–Trinajstić information content (AvgIpc) is 3.15. The first-order chi connectivity index (χ1) is 13.7. The van der Waals surface area contributed by atoms with Crippen molar-refractivity contribution in [2.75, 3.05) is 20.2 Å². The molecular formula is C20H21N5O3. The number of nitrogens with one attached hydrogen (secondary N) is 1. The second kappa shape index (κ2) is 7.67. The van der Waals surface area contributed by atoms with E-state index in [-0.39, 0.29) is 17.5 Å². The smallest absolute Gasteiger partial charge is 0.349 e. The van der Waals surface area contributed by atoms with E-state index in [1.807, 2.05) is 6.07 Å². The fraction of sp³-hybridized carbons (Fsp3) is 0.300. The molecule has 0 aliphatic carbocycles. The highest BCUT2D eigenvalue weighted by Crippen LogP contribution is 2.26. The number of H-pyrrole nitrogens is 1. The van der Waals surface area contributed by atoms with E-state index in [4.69, 9.17) is 4.74 Å². The maximum atomic E-state index is 12.9. The monoisotopic (exact) mass is 379 g/mol. The summed E-state index contributed by atoms with van der Waals surface area (Å²) in [5.41, 5.74) is 0.262. The van der Waals surface area contributed by atoms with Gasteiger partial charge >= 0.3 is 5.69 Å². The van der Waals surface area contributed by atoms with Crippen molar-refractivity contribution in [2.45, 2.75) is 18.8 Å². The number of carbonyl (C=O) groups excluding carboxylic acids is 1. The topological polar surface area (TPSA) is 93.1 Å². The molecule has 1 aromatic carbocycles. The number of carbonyl (C=O) groups is 1. The number of amides is 1. The molecule has 4 rings (SSSR count). The Morgan fingerprint density at radius 1 is 1.25 bits per heavy atom. The highest BCUT2D eigenvalue weighted by Gasteiger charge is 2.28. The second-order valence-corrected chi connectivity index (χ2v) is 6.74. The first-order valence-electron chi connectivity index (χ1n) is 9.19. The number of aromatic nitrogens is 4. The lowest BCUT2D eigenvalue weighted by atomic mass is 9.96. The Balaban J connectivity index is 1.54. The van der Waals surface area contributed by atoms with Crippen LogP contribution in [0.15, 0.2) is 53.5 Å². The van der Waals surface area contributed by atoms with Gasteiger partial charge in [0.1, 0.15) is 11.6 Å². The van der Waals surface area contributed by atoms with Gasteiger partial charge in [0.25, 0.3) is 5.91 Å². The molecule has 0 spiro atoms. The quantitative estimate of drug-likeness (QED) is 0.748. The molecule has 1 saturated heterocycles. The van der Waals surface area contributed by atoms with Crippen LogP contribution < -0.4 is 10.4 Å². The molecule has 1 N–H and O–H groups in total. The number of nitrogens with zero attached hydrogens (tertiary/aromatic N) is 4. The number of aromatic amines is 1. The Morgan fingerprint density at radius 2 is 2.14 bits per heavy atom. The fourth-order valence-electron chi connectivity index (χ4n) is 3.48. The van der Waals surface area contributed by atoms with Crippen molar-refractivity contribution in [3.05, 3.63) is 70.5 Å². The Kier molecular flexibility index (Phi) is 4.92. The molecule has 144 valence electrons. The molecule has 2 aromatic heterocycles. The Hall–Kier alpha value is -3.42. The zero-order valence-corrected chi connectivity index (χ0v) is 15.5. The number of rotatable bonds is 4. The molecule has 0 saturated carbocycles. The van der Waals surface area contributed by atoms with Crippen LogP contribution in [-0.2, 0) is 0 Å².